The minimum Gasteiger partial charge on any atom is -0.493 e. The van der Waals surface area contributed by atoms with Gasteiger partial charge in [0, 0.05) is 33.7 Å². The predicted octanol–water partition coefficient (Wildman–Crippen LogP) is 11.9. The van der Waals surface area contributed by atoms with E-state index < -0.39 is 19.4 Å². The Morgan fingerprint density at radius 3 is 2.42 bits per heavy atom. The lowest BCUT2D eigenvalue weighted by Crippen LogP contribution is -2.09. The van der Waals surface area contributed by atoms with Crippen LogP contribution in [0, 0.1) is 18.3 Å². The van der Waals surface area contributed by atoms with Gasteiger partial charge in [-0.15, -0.1) is 30.7 Å². The molecule has 0 unspecified atom stereocenters. The van der Waals surface area contributed by atoms with Gasteiger partial charge in [-0.05, 0) is 61.7 Å². The van der Waals surface area contributed by atoms with Crippen LogP contribution >= 0.6 is 22.9 Å². The fourth-order valence-corrected chi connectivity index (χ4v) is 7.45. The Bertz CT molecular complexity index is 3250. The van der Waals surface area contributed by atoms with Crippen LogP contribution in [0.3, 0.4) is 0 Å². The normalized spacial score (nSPS) is 11.6. The van der Waals surface area contributed by atoms with E-state index in [1.807, 2.05) is 49.4 Å². The van der Waals surface area contributed by atoms with E-state index in [-0.39, 0.29) is 62.8 Å². The molecule has 0 saturated carbocycles. The lowest BCUT2D eigenvalue weighted by Gasteiger charge is -2.12. The number of carbonyl (C=O) groups excluding carboxylic acids is 1. The number of aliphatic carboxylic acids is 1. The molecule has 3 aromatic heterocycles. The molecular weight excluding hydrogens is 864 g/mol. The first kappa shape index (κ1) is 42.4. The number of aromatic nitrogens is 3. The van der Waals surface area contributed by atoms with E-state index in [9.17, 15) is 25.1 Å². The number of thiazole rings is 1. The number of aromatic hydroxyl groups is 1. The zero-order valence-corrected chi connectivity index (χ0v) is 35.1. The summed E-state index contributed by atoms with van der Waals surface area (Å²) >= 11 is 7.43. The Labute approximate surface area is 371 Å². The Morgan fingerprint density at radius 1 is 0.875 bits per heavy atom. The van der Waals surface area contributed by atoms with Gasteiger partial charge in [0.15, 0.2) is 28.7 Å². The van der Waals surface area contributed by atoms with Crippen molar-refractivity contribution in [2.75, 3.05) is 20.0 Å². The number of ether oxygens (including phenoxy) is 4. The van der Waals surface area contributed by atoms with Gasteiger partial charge in [0.2, 0.25) is 17.8 Å². The molecule has 18 nitrogen and oxygen atoms in total. The molecule has 0 spiro atoms. The molecule has 8 rings (SSSR count). The summed E-state index contributed by atoms with van der Waals surface area (Å²) in [6, 6.07) is 30.1. The van der Waals surface area contributed by atoms with E-state index in [4.69, 9.17) is 35.5 Å². The molecule has 0 aliphatic rings. The highest BCUT2D eigenvalue weighted by atomic mass is 35.5. The lowest BCUT2D eigenvalue weighted by atomic mass is 10.1. The fraction of sp³-hybridized carbons (Fsp3) is 0.114. The van der Waals surface area contributed by atoms with Gasteiger partial charge in [0.25, 0.3) is 6.47 Å². The number of para-hydroxylation sites is 2. The monoisotopic (exact) mass is 894 g/mol. The Morgan fingerprint density at radius 2 is 1.66 bits per heavy atom. The molecule has 0 bridgehead atoms. The first-order valence-corrected chi connectivity index (χ1v) is 20.3. The smallest absolute Gasteiger partial charge is 0.341 e. The molecule has 0 atom stereocenters. The topological polar surface area (TPSA) is 240 Å². The van der Waals surface area contributed by atoms with E-state index >= 15 is 0 Å². The van der Waals surface area contributed by atoms with Crippen LogP contribution in [-0.4, -0.2) is 57.0 Å². The molecule has 0 radical (unpaired) electrons. The summed E-state index contributed by atoms with van der Waals surface area (Å²) in [6.45, 7) is 2.81. The number of nitrogens with zero attached hydrogens (tertiary/aromatic N) is 10. The first-order chi connectivity index (χ1) is 31.1. The maximum atomic E-state index is 11.7. The largest absolute Gasteiger partial charge is 0.493 e. The number of pyridine rings is 1. The van der Waals surface area contributed by atoms with Crippen LogP contribution in [0.15, 0.2) is 128 Å². The van der Waals surface area contributed by atoms with Gasteiger partial charge in [-0.3, -0.25) is 9.20 Å². The highest BCUT2D eigenvalue weighted by molar-refractivity contribution is 7.19. The Balaban J connectivity index is 1.19. The number of carboxylic acid groups (broad SMARTS) is 1. The number of fused-ring (bicyclic) bond motifs is 4. The molecule has 2 N–H and O–H groups in total. The van der Waals surface area contributed by atoms with Crippen molar-refractivity contribution in [3.63, 3.8) is 0 Å². The molecule has 20 heteroatoms. The number of carbonyl (C=O) groups is 2. The minimum absolute atomic E-state index is 0.0186. The third-order valence-electron chi connectivity index (χ3n) is 9.37. The summed E-state index contributed by atoms with van der Waals surface area (Å²) in [4.78, 5) is 31.9. The third kappa shape index (κ3) is 8.85. The van der Waals surface area contributed by atoms with Crippen molar-refractivity contribution in [1.29, 1.82) is 5.26 Å². The Kier molecular flexibility index (Phi) is 12.4. The molecule has 8 aromatic rings. The van der Waals surface area contributed by atoms with Gasteiger partial charge < -0.3 is 29.2 Å². The van der Waals surface area contributed by atoms with Crippen LogP contribution in [0.25, 0.3) is 38.7 Å². The van der Waals surface area contributed by atoms with Crippen molar-refractivity contribution in [3.8, 4) is 40.5 Å². The van der Waals surface area contributed by atoms with Crippen molar-refractivity contribution in [2.24, 2.45) is 30.7 Å². The number of azo groups is 3. The minimum atomic E-state index is -1.30. The summed E-state index contributed by atoms with van der Waals surface area (Å²) in [5.74, 6) is -1.12. The van der Waals surface area contributed by atoms with Crippen molar-refractivity contribution in [3.05, 3.63) is 113 Å². The molecule has 3 heterocycles. The van der Waals surface area contributed by atoms with Crippen LogP contribution < -0.4 is 14.2 Å². The molecule has 0 amide bonds. The maximum absolute atomic E-state index is 11.7. The van der Waals surface area contributed by atoms with Gasteiger partial charge in [0.1, 0.15) is 40.2 Å². The van der Waals surface area contributed by atoms with Crippen molar-refractivity contribution in [2.45, 2.75) is 13.8 Å². The second-order valence-electron chi connectivity index (χ2n) is 13.4. The van der Waals surface area contributed by atoms with Gasteiger partial charge in [-0.1, -0.05) is 65.4 Å². The van der Waals surface area contributed by atoms with E-state index in [1.54, 1.807) is 49.4 Å². The van der Waals surface area contributed by atoms with Gasteiger partial charge >= 0.3 is 5.97 Å². The van der Waals surface area contributed by atoms with Gasteiger partial charge in [-0.25, -0.2) is 14.8 Å². The fourth-order valence-electron chi connectivity index (χ4n) is 6.53. The second-order valence-corrected chi connectivity index (χ2v) is 14.8. The molecule has 64 heavy (non-hydrogen) atoms. The standard InChI is InChI=1S/C44H31ClN10O8S/c1-3-61-35-13-7-8-25-14-15-28(17-29(25)35)49-53-42-40(26-9-6-10-27(45)16-26)48-44(64-42)54-51-33-18-36(62-21-38(57)58)32(19-37(33)63-23-60-22-56)50-52-39-24(2)30(20-46)41-47-31-11-4-5-12-34(31)55(41)43(39)59/h4-19,22,59H,3,21,23H2,1-2H3,(H,57,58). The number of hydrogen-bond acceptors (Lipinski definition) is 17. The van der Waals surface area contributed by atoms with Crippen LogP contribution in [0.2, 0.25) is 5.02 Å². The Hall–Kier alpha value is -8.34. The number of benzene rings is 5. The SMILES string of the molecule is CCOc1cccc2ccc(N=Nc3sc(N=Nc4cc(OCC(=O)O)c(N=Nc5c(C)c(C#N)c6nc7ccccc7n6c5O)cc4OCOC=O)nc3-c3cccc(Cl)c3)cc12. The molecule has 5 aromatic carbocycles. The summed E-state index contributed by atoms with van der Waals surface area (Å²) < 4.78 is 23.3. The molecular formula is C44H31ClN10O8S. The van der Waals surface area contributed by atoms with Crippen molar-refractivity contribution < 1.29 is 38.7 Å². The quantitative estimate of drug-likeness (QED) is 0.0400. The van der Waals surface area contributed by atoms with E-state index in [1.165, 1.54) is 16.5 Å². The summed E-state index contributed by atoms with van der Waals surface area (Å²) in [6.07, 6.45) is 0. The number of nitriles is 1. The van der Waals surface area contributed by atoms with Crippen molar-refractivity contribution >= 4 is 95.7 Å². The van der Waals surface area contributed by atoms with Crippen molar-refractivity contribution in [1.82, 2.24) is 14.4 Å². The van der Waals surface area contributed by atoms with E-state index in [0.29, 0.717) is 44.6 Å². The highest BCUT2D eigenvalue weighted by Gasteiger charge is 2.22. The zero-order valence-electron chi connectivity index (χ0n) is 33.5. The number of imidazole rings is 1. The van der Waals surface area contributed by atoms with E-state index in [2.05, 4.69) is 41.7 Å². The number of rotatable bonds is 16. The average molecular weight is 895 g/mol. The van der Waals surface area contributed by atoms with Crippen LogP contribution in [0.5, 0.6) is 23.1 Å². The van der Waals surface area contributed by atoms with Gasteiger partial charge in [0.05, 0.1) is 23.3 Å². The molecule has 0 saturated heterocycles. The molecule has 0 aliphatic heterocycles. The van der Waals surface area contributed by atoms with Crippen LogP contribution in [0.4, 0.5) is 32.9 Å². The number of hydrogen-bond donors (Lipinski definition) is 2. The summed E-state index contributed by atoms with van der Waals surface area (Å²) in [5.41, 5.74) is 3.12. The zero-order chi connectivity index (χ0) is 44.7. The van der Waals surface area contributed by atoms with Crippen LogP contribution in [0.1, 0.15) is 18.1 Å². The van der Waals surface area contributed by atoms with E-state index in [0.717, 1.165) is 27.9 Å². The lowest BCUT2D eigenvalue weighted by molar-refractivity contribution is -0.139. The summed E-state index contributed by atoms with van der Waals surface area (Å²) in [5, 5.41) is 60.3. The third-order valence-corrected chi connectivity index (χ3v) is 10.4. The predicted molar refractivity (Wildman–Crippen MR) is 236 cm³/mol. The average Bonchev–Trinajstić information content (AvgIpc) is 3.89. The highest BCUT2D eigenvalue weighted by Crippen LogP contribution is 2.45. The molecule has 318 valence electrons. The maximum Gasteiger partial charge on any atom is 0.341 e. The first-order valence-electron chi connectivity index (χ1n) is 19.1. The van der Waals surface area contributed by atoms with Gasteiger partial charge in [-0.2, -0.15) is 5.26 Å². The summed E-state index contributed by atoms with van der Waals surface area (Å²) in [7, 11) is 0. The number of carboxylic acids is 1. The number of halogens is 1. The van der Waals surface area contributed by atoms with Crippen LogP contribution in [-0.2, 0) is 14.3 Å². The second kappa shape index (κ2) is 18.7. The molecule has 0 fully saturated rings. The molecule has 0 aliphatic carbocycles.